The average molecular weight is 223 g/mol. The number of carbonyl (C=O) groups is 2. The first-order valence-electron chi connectivity index (χ1n) is 4.89. The van der Waals surface area contributed by atoms with Crippen molar-refractivity contribution < 1.29 is 19.1 Å². The van der Waals surface area contributed by atoms with Crippen LogP contribution < -0.4 is 0 Å². The number of esters is 2. The second-order valence-electron chi connectivity index (χ2n) is 3.03. The van der Waals surface area contributed by atoms with Gasteiger partial charge < -0.3 is 9.47 Å². The number of rotatable bonds is 4. The topological polar surface area (TPSA) is 65.5 Å². The van der Waals surface area contributed by atoms with Gasteiger partial charge in [0, 0.05) is 24.9 Å². The summed E-state index contributed by atoms with van der Waals surface area (Å²) in [5.41, 5.74) is 0.496. The van der Waals surface area contributed by atoms with Crippen LogP contribution in [0.5, 0.6) is 0 Å². The predicted molar refractivity (Wildman–Crippen MR) is 55.4 cm³/mol. The zero-order valence-corrected chi connectivity index (χ0v) is 9.17. The summed E-state index contributed by atoms with van der Waals surface area (Å²) in [5, 5.41) is 0. The lowest BCUT2D eigenvalue weighted by atomic mass is 10.1. The molecule has 86 valence electrons. The molecule has 0 spiro atoms. The molecule has 0 saturated heterocycles. The van der Waals surface area contributed by atoms with Gasteiger partial charge >= 0.3 is 11.9 Å². The van der Waals surface area contributed by atoms with Crippen molar-refractivity contribution in [1.82, 2.24) is 4.98 Å². The summed E-state index contributed by atoms with van der Waals surface area (Å²) >= 11 is 0. The van der Waals surface area contributed by atoms with Gasteiger partial charge in [-0.15, -0.1) is 0 Å². The number of carbonyl (C=O) groups excluding carboxylic acids is 2. The van der Waals surface area contributed by atoms with E-state index in [1.54, 1.807) is 25.3 Å². The van der Waals surface area contributed by atoms with Crippen LogP contribution >= 0.6 is 0 Å². The minimum absolute atomic E-state index is 0.233. The van der Waals surface area contributed by atoms with Crippen LogP contribution in [0, 0.1) is 0 Å². The Morgan fingerprint density at radius 1 is 1.50 bits per heavy atom. The van der Waals surface area contributed by atoms with Crippen molar-refractivity contribution in [2.75, 3.05) is 6.61 Å². The molecule has 5 nitrogen and oxygen atoms in total. The van der Waals surface area contributed by atoms with Crippen molar-refractivity contribution in [3.05, 3.63) is 30.1 Å². The van der Waals surface area contributed by atoms with E-state index < -0.39 is 18.0 Å². The molecule has 1 unspecified atom stereocenters. The van der Waals surface area contributed by atoms with E-state index >= 15 is 0 Å². The fourth-order valence-electron chi connectivity index (χ4n) is 1.17. The van der Waals surface area contributed by atoms with Gasteiger partial charge in [0.1, 0.15) is 0 Å². The number of aromatic nitrogens is 1. The van der Waals surface area contributed by atoms with Gasteiger partial charge in [0.05, 0.1) is 6.61 Å². The molecule has 0 bridgehead atoms. The van der Waals surface area contributed by atoms with Crippen LogP contribution in [0.1, 0.15) is 25.5 Å². The van der Waals surface area contributed by atoms with E-state index in [0.717, 1.165) is 0 Å². The summed E-state index contributed by atoms with van der Waals surface area (Å²) in [5.74, 6) is -1.13. The molecule has 1 heterocycles. The van der Waals surface area contributed by atoms with Gasteiger partial charge in [-0.05, 0) is 13.0 Å². The van der Waals surface area contributed by atoms with Crippen molar-refractivity contribution >= 4 is 11.9 Å². The third kappa shape index (κ3) is 3.34. The van der Waals surface area contributed by atoms with Crippen LogP contribution in [0.4, 0.5) is 0 Å². The lowest BCUT2D eigenvalue weighted by molar-refractivity contribution is -0.167. The largest absolute Gasteiger partial charge is 0.463 e. The molecule has 0 fully saturated rings. The Bertz CT molecular complexity index is 364. The number of pyridine rings is 1. The van der Waals surface area contributed by atoms with E-state index in [1.807, 2.05) is 0 Å². The average Bonchev–Trinajstić information content (AvgIpc) is 2.27. The highest BCUT2D eigenvalue weighted by atomic mass is 16.6. The molecule has 1 rings (SSSR count). The molecule has 0 saturated carbocycles. The fraction of sp³-hybridized carbons (Fsp3) is 0.364. The minimum Gasteiger partial charge on any atom is -0.463 e. The highest BCUT2D eigenvalue weighted by Crippen LogP contribution is 2.18. The molecule has 1 atom stereocenters. The van der Waals surface area contributed by atoms with Crippen LogP contribution in [0.25, 0.3) is 0 Å². The van der Waals surface area contributed by atoms with E-state index in [1.165, 1.54) is 13.1 Å². The third-order valence-electron chi connectivity index (χ3n) is 1.77. The Balaban J connectivity index is 2.87. The first-order chi connectivity index (χ1) is 7.65. The molecule has 0 aromatic carbocycles. The third-order valence-corrected chi connectivity index (χ3v) is 1.77. The van der Waals surface area contributed by atoms with Crippen molar-refractivity contribution in [1.29, 1.82) is 0 Å². The summed E-state index contributed by atoms with van der Waals surface area (Å²) < 4.78 is 9.71. The van der Waals surface area contributed by atoms with Gasteiger partial charge in [0.2, 0.25) is 6.10 Å². The first kappa shape index (κ1) is 12.2. The number of ether oxygens (including phenoxy) is 2. The van der Waals surface area contributed by atoms with Crippen LogP contribution in [0.15, 0.2) is 24.5 Å². The van der Waals surface area contributed by atoms with Gasteiger partial charge in [-0.2, -0.15) is 0 Å². The maximum absolute atomic E-state index is 11.6. The van der Waals surface area contributed by atoms with Gasteiger partial charge in [-0.25, -0.2) is 4.79 Å². The molecule has 1 aromatic rings. The van der Waals surface area contributed by atoms with E-state index in [-0.39, 0.29) is 6.61 Å². The molecular weight excluding hydrogens is 210 g/mol. The molecule has 0 aliphatic rings. The Kier molecular flexibility index (Phi) is 4.44. The van der Waals surface area contributed by atoms with Gasteiger partial charge in [-0.1, -0.05) is 6.07 Å². The Morgan fingerprint density at radius 3 is 2.75 bits per heavy atom. The van der Waals surface area contributed by atoms with Crippen molar-refractivity contribution in [2.45, 2.75) is 20.0 Å². The molecule has 5 heteroatoms. The van der Waals surface area contributed by atoms with E-state index in [9.17, 15) is 9.59 Å². The van der Waals surface area contributed by atoms with Crippen molar-refractivity contribution in [3.63, 3.8) is 0 Å². The fourth-order valence-corrected chi connectivity index (χ4v) is 1.17. The maximum Gasteiger partial charge on any atom is 0.352 e. The zero-order chi connectivity index (χ0) is 12.0. The summed E-state index contributed by atoms with van der Waals surface area (Å²) in [6.45, 7) is 3.16. The zero-order valence-electron chi connectivity index (χ0n) is 9.17. The quantitative estimate of drug-likeness (QED) is 0.719. The summed E-state index contributed by atoms with van der Waals surface area (Å²) in [6, 6.07) is 3.31. The van der Waals surface area contributed by atoms with E-state index in [0.29, 0.717) is 5.56 Å². The van der Waals surface area contributed by atoms with Crippen LogP contribution in [-0.2, 0) is 19.1 Å². The summed E-state index contributed by atoms with van der Waals surface area (Å²) in [7, 11) is 0. The Hall–Kier alpha value is -1.91. The molecule has 1 aromatic heterocycles. The Labute approximate surface area is 93.4 Å². The van der Waals surface area contributed by atoms with Crippen LogP contribution in [-0.4, -0.2) is 23.5 Å². The summed E-state index contributed by atoms with van der Waals surface area (Å²) in [6.07, 6.45) is 2.00. The second kappa shape index (κ2) is 5.85. The highest BCUT2D eigenvalue weighted by Gasteiger charge is 2.25. The van der Waals surface area contributed by atoms with Crippen LogP contribution in [0.3, 0.4) is 0 Å². The van der Waals surface area contributed by atoms with E-state index in [4.69, 9.17) is 9.47 Å². The van der Waals surface area contributed by atoms with Gasteiger partial charge in [0.25, 0.3) is 0 Å². The molecule has 0 aliphatic carbocycles. The molecule has 0 amide bonds. The first-order valence-corrected chi connectivity index (χ1v) is 4.89. The lowest BCUT2D eigenvalue weighted by Gasteiger charge is -2.15. The molecule has 0 radical (unpaired) electrons. The maximum atomic E-state index is 11.6. The minimum atomic E-state index is -1.04. The van der Waals surface area contributed by atoms with Crippen LogP contribution in [0.2, 0.25) is 0 Å². The lowest BCUT2D eigenvalue weighted by Crippen LogP contribution is -2.21. The molecule has 0 aliphatic heterocycles. The van der Waals surface area contributed by atoms with Crippen molar-refractivity contribution in [3.8, 4) is 0 Å². The van der Waals surface area contributed by atoms with Crippen molar-refractivity contribution in [2.24, 2.45) is 0 Å². The van der Waals surface area contributed by atoms with Gasteiger partial charge in [-0.3, -0.25) is 9.78 Å². The predicted octanol–water partition coefficient (Wildman–Crippen LogP) is 1.25. The second-order valence-corrected chi connectivity index (χ2v) is 3.03. The normalized spacial score (nSPS) is 11.6. The standard InChI is InChI=1S/C11H13NO4/c1-3-15-11(14)10(16-8(2)13)9-5-4-6-12-7-9/h4-7,10H,3H2,1-2H3. The smallest absolute Gasteiger partial charge is 0.352 e. The number of hydrogen-bond acceptors (Lipinski definition) is 5. The molecule has 16 heavy (non-hydrogen) atoms. The van der Waals surface area contributed by atoms with E-state index in [2.05, 4.69) is 4.98 Å². The SMILES string of the molecule is CCOC(=O)C(OC(C)=O)c1cccnc1. The number of hydrogen-bond donors (Lipinski definition) is 0. The molecular formula is C11H13NO4. The van der Waals surface area contributed by atoms with Gasteiger partial charge in [0.15, 0.2) is 0 Å². The number of nitrogens with zero attached hydrogens (tertiary/aromatic N) is 1. The summed E-state index contributed by atoms with van der Waals surface area (Å²) in [4.78, 5) is 26.3. The molecule has 0 N–H and O–H groups in total. The Morgan fingerprint density at radius 2 is 2.25 bits per heavy atom. The highest BCUT2D eigenvalue weighted by molar-refractivity contribution is 5.79. The monoisotopic (exact) mass is 223 g/mol.